The van der Waals surface area contributed by atoms with Crippen molar-refractivity contribution in [1.82, 2.24) is 93.0 Å². The first kappa shape index (κ1) is 84.6. The van der Waals surface area contributed by atoms with Crippen LogP contribution >= 0.6 is 0 Å². The standard InChI is InChI=1S/C28H19N5.2C28H20N4.C15H12N2.2C9H8N2/c1-18-29-27(32-23-14-6-2-10-19(23)20-11-3-7-15-24(20)32)31-28(30-18)33-25-16-8-4-12-21(25)22-13-5-9-17-26(22)33;1-19-29-27(20-10-4-2-5-11-20)31-28(30-19)21-16-17-26-24(18-21)23-14-8-9-15-25(23)32(26)22-12-6-3-7-13-22;1-19-29-27(20-10-3-2-4-11-20)31-28(30-19)21-12-9-13-22(18-21)32-25-16-7-5-14-23(25)24-15-6-8-17-26(24)32;1-11-16-14-10-6-5-9-13(14)15(17-11)12-7-3-2-4-8-12;1-7-10-6-8-4-2-3-5-9(8)11-7;1-7-6-10-8-4-2-3-5-9(8)11-7/h2-17H,1H3;2*2-18H,1H3;2-10H,1H3;2*2-6H,1H3. The van der Waals surface area contributed by atoms with Gasteiger partial charge in [0.1, 0.15) is 29.1 Å². The number of hydrogen-bond acceptors (Lipinski definition) is 15. The van der Waals surface area contributed by atoms with Crippen LogP contribution in [0.3, 0.4) is 0 Å². The van der Waals surface area contributed by atoms with E-state index in [1.165, 1.54) is 59.6 Å². The van der Waals surface area contributed by atoms with Crippen LogP contribution in [-0.4, -0.2) is 93.0 Å². The average molecular weight is 1760 g/mol. The maximum Gasteiger partial charge on any atom is 0.239 e. The summed E-state index contributed by atoms with van der Waals surface area (Å²) in [4.78, 5) is 68.5. The molecular formula is C117H87N19. The van der Waals surface area contributed by atoms with E-state index in [-0.39, 0.29) is 0 Å². The van der Waals surface area contributed by atoms with E-state index in [9.17, 15) is 0 Å². The summed E-state index contributed by atoms with van der Waals surface area (Å²) in [5, 5.41) is 11.8. The van der Waals surface area contributed by atoms with Gasteiger partial charge in [0.05, 0.1) is 77.6 Å². The number of hydrogen-bond donors (Lipinski definition) is 0. The monoisotopic (exact) mass is 1760 g/mol. The van der Waals surface area contributed by atoms with Crippen LogP contribution in [0.2, 0.25) is 0 Å². The van der Waals surface area contributed by atoms with E-state index in [4.69, 9.17) is 24.9 Å². The van der Waals surface area contributed by atoms with Crippen LogP contribution in [0.25, 0.3) is 200 Å². The molecule has 0 atom stereocenters. The summed E-state index contributed by atoms with van der Waals surface area (Å²) in [5.41, 5.74) is 22.2. The molecule has 26 aromatic rings. The molecule has 0 spiro atoms. The number of benzene rings is 16. The Balaban J connectivity index is 0.000000102. The first-order valence-corrected chi connectivity index (χ1v) is 45.0. The van der Waals surface area contributed by atoms with Gasteiger partial charge in [-0.3, -0.25) is 14.1 Å². The first-order chi connectivity index (χ1) is 66.9. The lowest BCUT2D eigenvalue weighted by Gasteiger charge is -2.11. The van der Waals surface area contributed by atoms with Crippen molar-refractivity contribution in [2.75, 3.05) is 0 Å². The summed E-state index contributed by atoms with van der Waals surface area (Å²) >= 11 is 0. The molecule has 0 N–H and O–H groups in total. The molecule has 136 heavy (non-hydrogen) atoms. The Morgan fingerprint density at radius 3 is 1.01 bits per heavy atom. The summed E-state index contributed by atoms with van der Waals surface area (Å²) in [6.07, 6.45) is 3.62. The molecule has 0 saturated heterocycles. The number of fused-ring (bicyclic) bond motifs is 15. The molecule has 0 aliphatic heterocycles. The number of aryl methyl sites for hydroxylation is 6. The Morgan fingerprint density at radius 1 is 0.176 bits per heavy atom. The first-order valence-electron chi connectivity index (χ1n) is 45.0. The molecule has 0 aliphatic rings. The molecule has 0 bridgehead atoms. The van der Waals surface area contributed by atoms with Crippen molar-refractivity contribution in [3.8, 4) is 80.1 Å². The van der Waals surface area contributed by atoms with Gasteiger partial charge in [-0.1, -0.05) is 297 Å². The fourth-order valence-electron chi connectivity index (χ4n) is 17.7. The van der Waals surface area contributed by atoms with Crippen molar-refractivity contribution in [2.24, 2.45) is 0 Å². The lowest BCUT2D eigenvalue weighted by atomic mass is 10.1. The average Bonchev–Trinajstić information content (AvgIpc) is 1.60. The Bertz CT molecular complexity index is 8540. The highest BCUT2D eigenvalue weighted by molar-refractivity contribution is 6.13. The minimum Gasteiger partial charge on any atom is -0.309 e. The summed E-state index contributed by atoms with van der Waals surface area (Å²) in [6, 6.07) is 139. The van der Waals surface area contributed by atoms with Gasteiger partial charge in [0.25, 0.3) is 0 Å². The SMILES string of the molecule is Cc1cnc2ccccc2n1.Cc1nc(-c2ccccc2)c2ccccc2n1.Cc1nc(-c2ccccc2)nc(-c2ccc3c(c2)c2ccccc2n3-c2ccccc2)n1.Cc1nc(-c2ccccc2)nc(-c2cccc(-n3c4ccccc4c4ccccc43)c2)n1.Cc1nc(-n2c3ccccc3c3ccccc32)nc(-n2c3ccccc3c3ccccc32)n1.Cc1ncc2ccccc2n1. The molecule has 0 fully saturated rings. The van der Waals surface area contributed by atoms with Crippen molar-refractivity contribution < 1.29 is 0 Å². The van der Waals surface area contributed by atoms with E-state index in [2.05, 4.69) is 323 Å². The summed E-state index contributed by atoms with van der Waals surface area (Å²) < 4.78 is 8.89. The lowest BCUT2D eigenvalue weighted by Crippen LogP contribution is -2.10. The topological polar surface area (TPSA) is 213 Å². The van der Waals surface area contributed by atoms with Crippen molar-refractivity contribution in [1.29, 1.82) is 0 Å². The van der Waals surface area contributed by atoms with Crippen LogP contribution in [0.4, 0.5) is 0 Å². The van der Waals surface area contributed by atoms with E-state index >= 15 is 0 Å². The Hall–Kier alpha value is -18.2. The van der Waals surface area contributed by atoms with Gasteiger partial charge in [-0.05, 0) is 151 Å². The van der Waals surface area contributed by atoms with Crippen molar-refractivity contribution in [2.45, 2.75) is 41.5 Å². The second-order valence-corrected chi connectivity index (χ2v) is 32.8. The maximum absolute atomic E-state index is 5.02. The molecule has 19 nitrogen and oxygen atoms in total. The predicted octanol–water partition coefficient (Wildman–Crippen LogP) is 27.1. The summed E-state index contributed by atoms with van der Waals surface area (Å²) in [6.45, 7) is 11.5. The second-order valence-electron chi connectivity index (χ2n) is 32.8. The maximum atomic E-state index is 5.02. The molecule has 10 heterocycles. The molecule has 0 saturated carbocycles. The van der Waals surface area contributed by atoms with Gasteiger partial charge < -0.3 is 9.13 Å². The fourth-order valence-corrected chi connectivity index (χ4v) is 17.7. The van der Waals surface area contributed by atoms with Crippen LogP contribution in [0.15, 0.2) is 419 Å². The molecule has 0 radical (unpaired) electrons. The number of nitrogens with zero attached hydrogens (tertiary/aromatic N) is 19. The van der Waals surface area contributed by atoms with E-state index in [1.807, 2.05) is 199 Å². The zero-order valence-electron chi connectivity index (χ0n) is 75.3. The van der Waals surface area contributed by atoms with E-state index < -0.39 is 0 Å². The molecular weight excluding hydrogens is 1670 g/mol. The Labute approximate surface area is 783 Å². The highest BCUT2D eigenvalue weighted by Gasteiger charge is 2.22. The van der Waals surface area contributed by atoms with E-state index in [0.29, 0.717) is 52.7 Å². The van der Waals surface area contributed by atoms with Crippen molar-refractivity contribution in [3.63, 3.8) is 0 Å². The molecule has 0 unspecified atom stereocenters. The van der Waals surface area contributed by atoms with Gasteiger partial charge in [0, 0.05) is 105 Å². The minimum atomic E-state index is 0.622. The zero-order valence-corrected chi connectivity index (χ0v) is 75.3. The van der Waals surface area contributed by atoms with Crippen LogP contribution in [0.1, 0.15) is 34.8 Å². The molecule has 16 aromatic carbocycles. The Kier molecular flexibility index (Phi) is 23.4. The summed E-state index contributed by atoms with van der Waals surface area (Å²) in [5.74, 6) is 7.72. The number of rotatable bonds is 9. The van der Waals surface area contributed by atoms with Crippen molar-refractivity contribution in [3.05, 3.63) is 454 Å². The third kappa shape index (κ3) is 17.3. The van der Waals surface area contributed by atoms with Gasteiger partial charge in [0.15, 0.2) is 23.3 Å². The quantitative estimate of drug-likeness (QED) is 0.131. The van der Waals surface area contributed by atoms with Gasteiger partial charge in [0.2, 0.25) is 11.9 Å². The number of aromatic nitrogens is 19. The van der Waals surface area contributed by atoms with Crippen LogP contribution in [0.5, 0.6) is 0 Å². The molecule has 19 heteroatoms. The fraction of sp³-hybridized carbons (Fsp3) is 0.0513. The smallest absolute Gasteiger partial charge is 0.239 e. The Morgan fingerprint density at radius 2 is 0.515 bits per heavy atom. The number of para-hydroxylation sites is 12. The molecule has 10 aromatic heterocycles. The molecule has 26 rings (SSSR count). The third-order valence-corrected chi connectivity index (χ3v) is 23.7. The van der Waals surface area contributed by atoms with Crippen LogP contribution in [-0.2, 0) is 0 Å². The largest absolute Gasteiger partial charge is 0.309 e. The van der Waals surface area contributed by atoms with Gasteiger partial charge in [-0.2, -0.15) is 15.0 Å². The highest BCUT2D eigenvalue weighted by Crippen LogP contribution is 2.39. The third-order valence-electron chi connectivity index (χ3n) is 23.7. The van der Waals surface area contributed by atoms with E-state index in [0.717, 1.165) is 123 Å². The lowest BCUT2D eigenvalue weighted by molar-refractivity contribution is 0.855. The van der Waals surface area contributed by atoms with Crippen molar-refractivity contribution >= 4 is 120 Å². The van der Waals surface area contributed by atoms with Gasteiger partial charge in [-0.15, -0.1) is 0 Å². The van der Waals surface area contributed by atoms with Crippen LogP contribution in [0, 0.1) is 41.5 Å². The van der Waals surface area contributed by atoms with Gasteiger partial charge in [-0.25, -0.2) is 54.8 Å². The molecule has 0 amide bonds. The predicted molar refractivity (Wildman–Crippen MR) is 551 cm³/mol. The van der Waals surface area contributed by atoms with Crippen LogP contribution < -0.4 is 0 Å². The van der Waals surface area contributed by atoms with Gasteiger partial charge >= 0.3 is 0 Å². The summed E-state index contributed by atoms with van der Waals surface area (Å²) in [7, 11) is 0. The molecule has 650 valence electrons. The highest BCUT2D eigenvalue weighted by atomic mass is 15.3. The second kappa shape index (κ2) is 37.7. The molecule has 0 aliphatic carbocycles. The minimum absolute atomic E-state index is 0.622. The van der Waals surface area contributed by atoms with E-state index in [1.54, 1.807) is 6.20 Å². The normalized spacial score (nSPS) is 11.2. The zero-order chi connectivity index (χ0) is 92.0.